The fourth-order valence-corrected chi connectivity index (χ4v) is 7.26. The maximum atomic E-state index is 12.1. The zero-order chi connectivity index (χ0) is 29.5. The van der Waals surface area contributed by atoms with E-state index in [9.17, 15) is 33.7 Å². The first-order valence-corrected chi connectivity index (χ1v) is 19.1. The van der Waals surface area contributed by atoms with Crippen LogP contribution in [0.5, 0.6) is 0 Å². The number of hydrogen-bond donors (Lipinski definition) is 0. The largest absolute Gasteiger partial charge is 0.299 e. The summed E-state index contributed by atoms with van der Waals surface area (Å²) in [5.41, 5.74) is 0. The van der Waals surface area contributed by atoms with Crippen molar-refractivity contribution in [1.82, 2.24) is 0 Å². The third kappa shape index (κ3) is 13.2. The number of nitrogens with zero attached hydrogens (tertiary/aromatic N) is 4. The Balaban J connectivity index is 1.54. The predicted molar refractivity (Wildman–Crippen MR) is 151 cm³/mol. The van der Waals surface area contributed by atoms with Crippen LogP contribution in [0.25, 0.3) is 0 Å². The maximum absolute atomic E-state index is 12.1. The summed E-state index contributed by atoms with van der Waals surface area (Å²) < 4.78 is 103. The van der Waals surface area contributed by atoms with Gasteiger partial charge in [0, 0.05) is 0 Å². The van der Waals surface area contributed by atoms with Gasteiger partial charge in [-0.1, -0.05) is 84.0 Å². The van der Waals surface area contributed by atoms with Gasteiger partial charge in [-0.15, -0.1) is 0 Å². The first-order chi connectivity index (χ1) is 18.8. The zero-order valence-electron chi connectivity index (χ0n) is 21.9. The third-order valence-corrected chi connectivity index (χ3v) is 10.8. The Bertz CT molecular complexity index is 1420. The van der Waals surface area contributed by atoms with Crippen molar-refractivity contribution in [3.8, 4) is 0 Å². The van der Waals surface area contributed by atoms with Gasteiger partial charge >= 0.3 is 0 Å². The van der Waals surface area contributed by atoms with Gasteiger partial charge in [0.25, 0.3) is 20.0 Å². The molecule has 222 valence electrons. The van der Waals surface area contributed by atoms with Crippen LogP contribution >= 0.6 is 0 Å². The Labute approximate surface area is 237 Å². The van der Waals surface area contributed by atoms with E-state index in [1.54, 1.807) is 12.1 Å². The lowest BCUT2D eigenvalue weighted by Gasteiger charge is -2.04. The Hall–Kier alpha value is -2.56. The molecule has 0 atom stereocenters. The molecule has 16 heteroatoms. The average Bonchev–Trinajstić information content (AvgIpc) is 2.90. The fraction of sp³-hybridized carbons (Fsp3) is 0.500. The number of rotatable bonds is 19. The molecule has 0 aliphatic rings. The van der Waals surface area contributed by atoms with Crippen molar-refractivity contribution in [2.75, 3.05) is 23.3 Å². The molecule has 0 spiro atoms. The number of benzene rings is 2. The second-order valence-electron chi connectivity index (χ2n) is 9.00. The number of sulfonamides is 2. The average molecular weight is 635 g/mol. The van der Waals surface area contributed by atoms with Crippen molar-refractivity contribution in [3.05, 3.63) is 60.7 Å². The van der Waals surface area contributed by atoms with E-state index in [-0.39, 0.29) is 21.3 Å². The van der Waals surface area contributed by atoms with E-state index in [2.05, 4.69) is 19.3 Å². The van der Waals surface area contributed by atoms with Crippen LogP contribution in [-0.4, -0.2) is 56.9 Å². The molecule has 0 aliphatic heterocycles. The van der Waals surface area contributed by atoms with E-state index >= 15 is 0 Å². The quantitative estimate of drug-likeness (QED) is 0.159. The van der Waals surface area contributed by atoms with Crippen LogP contribution in [-0.2, 0) is 39.7 Å². The van der Waals surface area contributed by atoms with Crippen LogP contribution < -0.4 is 0 Å². The lowest BCUT2D eigenvalue weighted by molar-refractivity contribution is 0.565. The summed E-state index contributed by atoms with van der Waals surface area (Å²) in [7, 11) is -15.2. The van der Waals surface area contributed by atoms with E-state index in [4.69, 9.17) is 0 Å². The standard InChI is InChI=1S/C24H34N4O8S4/c29-37(30,21-25-27-39(33,34)23-15-9-7-10-16-23)19-13-5-3-1-2-4-6-14-20-38(31,32)22-26-28-40(35,36)24-17-11-8-12-18-24/h7-12,15-18H,1-6,13-14,19-22H2. The maximum Gasteiger partial charge on any atom is 0.299 e. The molecule has 0 aromatic heterocycles. The molecule has 0 aliphatic carbocycles. The highest BCUT2D eigenvalue weighted by molar-refractivity contribution is 7.92. The highest BCUT2D eigenvalue weighted by Crippen LogP contribution is 2.14. The first kappa shape index (κ1) is 33.6. The van der Waals surface area contributed by atoms with Crippen LogP contribution in [0, 0.1) is 0 Å². The molecule has 0 unspecified atom stereocenters. The second-order valence-corrected chi connectivity index (χ2v) is 16.5. The van der Waals surface area contributed by atoms with E-state index in [1.165, 1.54) is 48.5 Å². The molecule has 2 aromatic carbocycles. The Morgan fingerprint density at radius 2 is 0.725 bits per heavy atom. The van der Waals surface area contributed by atoms with Crippen LogP contribution in [0.4, 0.5) is 0 Å². The Morgan fingerprint density at radius 1 is 0.425 bits per heavy atom. The summed E-state index contributed by atoms with van der Waals surface area (Å²) in [6.07, 6.45) is 5.59. The Morgan fingerprint density at radius 3 is 1.05 bits per heavy atom. The molecule has 12 nitrogen and oxygen atoms in total. The van der Waals surface area contributed by atoms with Gasteiger partial charge in [0.15, 0.2) is 31.4 Å². The Kier molecular flexibility index (Phi) is 13.5. The summed E-state index contributed by atoms with van der Waals surface area (Å²) in [6.45, 7) is 0. The molecule has 2 aromatic rings. The molecule has 0 heterocycles. The summed E-state index contributed by atoms with van der Waals surface area (Å²) in [5.74, 6) is -1.60. The monoisotopic (exact) mass is 634 g/mol. The van der Waals surface area contributed by atoms with Crippen molar-refractivity contribution in [1.29, 1.82) is 0 Å². The molecule has 0 saturated heterocycles. The third-order valence-electron chi connectivity index (χ3n) is 5.58. The van der Waals surface area contributed by atoms with Gasteiger partial charge in [-0.3, -0.25) is 0 Å². The zero-order valence-corrected chi connectivity index (χ0v) is 25.2. The van der Waals surface area contributed by atoms with Gasteiger partial charge < -0.3 is 0 Å². The minimum atomic E-state index is -4.02. The van der Waals surface area contributed by atoms with Crippen LogP contribution in [0.15, 0.2) is 89.7 Å². The van der Waals surface area contributed by atoms with Crippen molar-refractivity contribution in [2.45, 2.75) is 61.2 Å². The molecular weight excluding hydrogens is 601 g/mol. The highest BCUT2D eigenvalue weighted by atomic mass is 32.2. The molecule has 2 rings (SSSR count). The van der Waals surface area contributed by atoms with Crippen molar-refractivity contribution in [2.24, 2.45) is 19.3 Å². The lowest BCUT2D eigenvalue weighted by atomic mass is 10.1. The topological polar surface area (TPSA) is 186 Å². The van der Waals surface area contributed by atoms with E-state index in [0.29, 0.717) is 25.7 Å². The van der Waals surface area contributed by atoms with Crippen molar-refractivity contribution >= 4 is 39.7 Å². The van der Waals surface area contributed by atoms with Crippen LogP contribution in [0.2, 0.25) is 0 Å². The summed E-state index contributed by atoms with van der Waals surface area (Å²) in [4.78, 5) is -0.118. The SMILES string of the molecule is O=S(=O)(CCCCCCCCCCS(=O)(=O)CN=NS(=O)(=O)c1ccccc1)CN=NS(=O)(=O)c1ccccc1. The minimum absolute atomic E-state index is 0.0589. The number of hydrogen-bond acceptors (Lipinski definition) is 10. The minimum Gasteiger partial charge on any atom is -0.227 e. The van der Waals surface area contributed by atoms with Crippen LogP contribution in [0.3, 0.4) is 0 Å². The molecule has 0 bridgehead atoms. The molecule has 0 N–H and O–H groups in total. The van der Waals surface area contributed by atoms with Crippen molar-refractivity contribution < 1.29 is 33.7 Å². The van der Waals surface area contributed by atoms with Gasteiger partial charge in [0.2, 0.25) is 0 Å². The number of unbranched alkanes of at least 4 members (excludes halogenated alkanes) is 7. The predicted octanol–water partition coefficient (Wildman–Crippen LogP) is 4.53. The van der Waals surface area contributed by atoms with Gasteiger partial charge in [-0.05, 0) is 37.1 Å². The molecule has 40 heavy (non-hydrogen) atoms. The summed E-state index contributed by atoms with van der Waals surface area (Å²) in [5, 5.41) is 6.75. The van der Waals surface area contributed by atoms with Crippen LogP contribution in [0.1, 0.15) is 51.4 Å². The van der Waals surface area contributed by atoms with Gasteiger partial charge in [0.1, 0.15) is 0 Å². The second kappa shape index (κ2) is 16.0. The molecule has 0 amide bonds. The summed E-state index contributed by atoms with van der Waals surface area (Å²) >= 11 is 0. The highest BCUT2D eigenvalue weighted by Gasteiger charge is 2.15. The molecular formula is C24H34N4O8S4. The molecule has 0 saturated carbocycles. The first-order valence-electron chi connectivity index (χ1n) is 12.6. The van der Waals surface area contributed by atoms with Gasteiger partial charge in [0.05, 0.1) is 21.3 Å². The van der Waals surface area contributed by atoms with E-state index < -0.39 is 51.5 Å². The van der Waals surface area contributed by atoms with Gasteiger partial charge in [-0.2, -0.15) is 27.1 Å². The normalized spacial score (nSPS) is 13.3. The fourth-order valence-electron chi connectivity index (χ4n) is 3.49. The summed E-state index contributed by atoms with van der Waals surface area (Å²) in [6, 6.07) is 14.8. The molecule has 0 fully saturated rings. The van der Waals surface area contributed by atoms with E-state index in [0.717, 1.165) is 25.7 Å². The van der Waals surface area contributed by atoms with Gasteiger partial charge in [-0.25, -0.2) is 16.8 Å². The molecule has 0 radical (unpaired) electrons. The number of sulfone groups is 2. The van der Waals surface area contributed by atoms with Crippen molar-refractivity contribution in [3.63, 3.8) is 0 Å². The lowest BCUT2D eigenvalue weighted by Crippen LogP contribution is -2.10. The van der Waals surface area contributed by atoms with E-state index in [1.807, 2.05) is 0 Å². The smallest absolute Gasteiger partial charge is 0.227 e.